The van der Waals surface area contributed by atoms with E-state index in [-0.39, 0.29) is 5.92 Å². The molecule has 0 saturated carbocycles. The number of ether oxygens (including phenoxy) is 1. The summed E-state index contributed by atoms with van der Waals surface area (Å²) in [6.45, 7) is 5.69. The zero-order valence-electron chi connectivity index (χ0n) is 13.5. The van der Waals surface area contributed by atoms with Crippen molar-refractivity contribution in [3.05, 3.63) is 29.3 Å². The van der Waals surface area contributed by atoms with E-state index >= 15 is 0 Å². The SMILES string of the molecule is COc1ccc(C(C)C)cc1C1=[N+](C)N=C2CN(C#N)CC21. The summed E-state index contributed by atoms with van der Waals surface area (Å²) in [6.07, 6.45) is 2.23. The molecule has 1 atom stereocenters. The van der Waals surface area contributed by atoms with Crippen LogP contribution >= 0.6 is 0 Å². The lowest BCUT2D eigenvalue weighted by Gasteiger charge is -2.13. The Labute approximate surface area is 131 Å². The highest BCUT2D eigenvalue weighted by molar-refractivity contribution is 6.17. The zero-order chi connectivity index (χ0) is 15.9. The van der Waals surface area contributed by atoms with E-state index in [4.69, 9.17) is 10.00 Å². The van der Waals surface area contributed by atoms with Gasteiger partial charge in [-0.05, 0) is 28.7 Å². The Balaban J connectivity index is 2.06. The summed E-state index contributed by atoms with van der Waals surface area (Å²) in [6, 6.07) is 6.34. The maximum atomic E-state index is 9.13. The molecule has 22 heavy (non-hydrogen) atoms. The Bertz CT molecular complexity index is 712. The van der Waals surface area contributed by atoms with Gasteiger partial charge in [0.25, 0.3) is 0 Å². The molecule has 1 unspecified atom stereocenters. The van der Waals surface area contributed by atoms with E-state index in [1.54, 1.807) is 12.0 Å². The third-order valence-electron chi connectivity index (χ3n) is 4.42. The van der Waals surface area contributed by atoms with E-state index in [1.807, 2.05) is 17.8 Å². The van der Waals surface area contributed by atoms with Crippen LogP contribution in [0.4, 0.5) is 0 Å². The maximum absolute atomic E-state index is 9.13. The van der Waals surface area contributed by atoms with E-state index in [1.165, 1.54) is 5.56 Å². The molecule has 2 aliphatic heterocycles. The molecule has 1 aromatic rings. The molecule has 0 bridgehead atoms. The Kier molecular flexibility index (Phi) is 3.61. The number of benzene rings is 1. The fraction of sp³-hybridized carbons (Fsp3) is 0.471. The van der Waals surface area contributed by atoms with Gasteiger partial charge in [0, 0.05) is 6.54 Å². The highest BCUT2D eigenvalue weighted by atomic mass is 16.5. The van der Waals surface area contributed by atoms with Gasteiger partial charge in [0.05, 0.1) is 19.2 Å². The van der Waals surface area contributed by atoms with Crippen LogP contribution in [0.3, 0.4) is 0 Å². The standard InChI is InChI=1S/C17H21N4O/c1-11(2)12-5-6-16(22-4)13(7-12)17-14-8-21(10-18)9-15(14)19-20(17)3/h5-7,11,14H,8-9H2,1-4H3/q+1. The van der Waals surface area contributed by atoms with Gasteiger partial charge in [-0.25, -0.2) is 0 Å². The van der Waals surface area contributed by atoms with Crippen LogP contribution in [0.5, 0.6) is 5.75 Å². The fourth-order valence-electron chi connectivity index (χ4n) is 3.24. The number of fused-ring (bicyclic) bond motifs is 1. The van der Waals surface area contributed by atoms with Gasteiger partial charge in [0.15, 0.2) is 13.2 Å². The minimum atomic E-state index is 0.181. The first-order chi connectivity index (χ1) is 10.5. The van der Waals surface area contributed by atoms with Crippen LogP contribution < -0.4 is 4.74 Å². The third kappa shape index (κ3) is 2.25. The molecule has 0 aliphatic carbocycles. The van der Waals surface area contributed by atoms with Crippen molar-refractivity contribution in [2.24, 2.45) is 11.0 Å². The second kappa shape index (κ2) is 5.45. The number of hydrazone groups is 1. The van der Waals surface area contributed by atoms with Gasteiger partial charge in [-0.1, -0.05) is 24.6 Å². The minimum absolute atomic E-state index is 0.181. The summed E-state index contributed by atoms with van der Waals surface area (Å²) in [5, 5.41) is 13.8. The third-order valence-corrected chi connectivity index (χ3v) is 4.42. The molecular formula is C17H21N4O+. The largest absolute Gasteiger partial charge is 0.496 e. The van der Waals surface area contributed by atoms with E-state index < -0.39 is 0 Å². The van der Waals surface area contributed by atoms with Crippen molar-refractivity contribution in [1.29, 1.82) is 5.26 Å². The summed E-state index contributed by atoms with van der Waals surface area (Å²) < 4.78 is 7.51. The molecule has 5 nitrogen and oxygen atoms in total. The maximum Gasteiger partial charge on any atom is 0.229 e. The van der Waals surface area contributed by atoms with E-state index in [2.05, 4.69) is 37.3 Å². The summed E-state index contributed by atoms with van der Waals surface area (Å²) in [5.74, 6) is 1.50. The number of hydrogen-bond donors (Lipinski definition) is 0. The Morgan fingerprint density at radius 1 is 1.45 bits per heavy atom. The first-order valence-corrected chi connectivity index (χ1v) is 7.56. The van der Waals surface area contributed by atoms with E-state index in [0.29, 0.717) is 19.0 Å². The van der Waals surface area contributed by atoms with Crippen molar-refractivity contribution in [1.82, 2.24) is 4.90 Å². The van der Waals surface area contributed by atoms with Crippen molar-refractivity contribution >= 4 is 11.4 Å². The van der Waals surface area contributed by atoms with Gasteiger partial charge < -0.3 is 9.64 Å². The molecule has 0 amide bonds. The molecule has 2 heterocycles. The first-order valence-electron chi connectivity index (χ1n) is 7.56. The molecule has 0 N–H and O–H groups in total. The molecule has 0 aromatic heterocycles. The number of methoxy groups -OCH3 is 1. The number of nitrogens with zero attached hydrogens (tertiary/aromatic N) is 4. The van der Waals surface area contributed by atoms with Crippen molar-refractivity contribution in [3.63, 3.8) is 0 Å². The van der Waals surface area contributed by atoms with Gasteiger partial charge >= 0.3 is 0 Å². The molecule has 1 fully saturated rings. The monoisotopic (exact) mass is 297 g/mol. The molecule has 0 spiro atoms. The van der Waals surface area contributed by atoms with Crippen molar-refractivity contribution < 1.29 is 9.42 Å². The summed E-state index contributed by atoms with van der Waals surface area (Å²) in [4.78, 5) is 1.76. The molecular weight excluding hydrogens is 276 g/mol. The molecule has 114 valence electrons. The van der Waals surface area contributed by atoms with E-state index in [9.17, 15) is 0 Å². The van der Waals surface area contributed by atoms with Gasteiger partial charge in [0.1, 0.15) is 17.4 Å². The Hall–Kier alpha value is -2.35. The molecule has 1 saturated heterocycles. The van der Waals surface area contributed by atoms with Crippen LogP contribution in [0.25, 0.3) is 0 Å². The highest BCUT2D eigenvalue weighted by Gasteiger charge is 2.44. The fourth-order valence-corrected chi connectivity index (χ4v) is 3.24. The molecule has 3 rings (SSSR count). The predicted octanol–water partition coefficient (Wildman–Crippen LogP) is 2.03. The second-order valence-electron chi connectivity index (χ2n) is 6.15. The quantitative estimate of drug-likeness (QED) is 0.633. The Morgan fingerprint density at radius 3 is 2.86 bits per heavy atom. The molecule has 2 aliphatic rings. The molecule has 0 radical (unpaired) electrons. The average molecular weight is 297 g/mol. The van der Waals surface area contributed by atoms with Crippen molar-refractivity contribution in [2.75, 3.05) is 27.2 Å². The van der Waals surface area contributed by atoms with Crippen molar-refractivity contribution in [3.8, 4) is 11.9 Å². The summed E-state index contributed by atoms with van der Waals surface area (Å²) >= 11 is 0. The number of hydrogen-bond acceptors (Lipinski definition) is 4. The number of nitriles is 1. The number of rotatable bonds is 3. The van der Waals surface area contributed by atoms with Gasteiger partial charge in [0.2, 0.25) is 5.71 Å². The molecule has 1 aromatic carbocycles. The summed E-state index contributed by atoms with van der Waals surface area (Å²) in [5.41, 5.74) is 4.56. The highest BCUT2D eigenvalue weighted by Crippen LogP contribution is 2.31. The normalized spacial score (nSPS) is 20.3. The van der Waals surface area contributed by atoms with E-state index in [0.717, 1.165) is 22.7 Å². The second-order valence-corrected chi connectivity index (χ2v) is 6.15. The lowest BCUT2D eigenvalue weighted by molar-refractivity contribution is -0.499. The van der Waals surface area contributed by atoms with Gasteiger partial charge in [-0.3, -0.25) is 0 Å². The van der Waals surface area contributed by atoms with Crippen LogP contribution in [-0.2, 0) is 0 Å². The van der Waals surface area contributed by atoms with Gasteiger partial charge in [-0.2, -0.15) is 5.26 Å². The predicted molar refractivity (Wildman–Crippen MR) is 85.5 cm³/mol. The van der Waals surface area contributed by atoms with Gasteiger partial charge in [-0.15, -0.1) is 0 Å². The smallest absolute Gasteiger partial charge is 0.229 e. The lowest BCUT2D eigenvalue weighted by Crippen LogP contribution is -2.25. The van der Waals surface area contributed by atoms with Crippen LogP contribution in [-0.4, -0.2) is 48.3 Å². The number of likely N-dealkylation sites (tertiary alicyclic amines) is 1. The van der Waals surface area contributed by atoms with Crippen molar-refractivity contribution in [2.45, 2.75) is 19.8 Å². The van der Waals surface area contributed by atoms with Crippen LogP contribution in [0.15, 0.2) is 23.3 Å². The minimum Gasteiger partial charge on any atom is -0.496 e. The van der Waals surface area contributed by atoms with Crippen LogP contribution in [0.2, 0.25) is 0 Å². The Morgan fingerprint density at radius 2 is 2.23 bits per heavy atom. The first kappa shape index (κ1) is 14.6. The lowest BCUT2D eigenvalue weighted by atomic mass is 9.91. The summed E-state index contributed by atoms with van der Waals surface area (Å²) in [7, 11) is 3.67. The average Bonchev–Trinajstić information content (AvgIpc) is 3.02. The topological polar surface area (TPSA) is 51.6 Å². The zero-order valence-corrected chi connectivity index (χ0v) is 13.5. The molecule has 5 heteroatoms. The van der Waals surface area contributed by atoms with Crippen LogP contribution in [0.1, 0.15) is 30.9 Å². The van der Waals surface area contributed by atoms with Crippen LogP contribution in [0, 0.1) is 17.4 Å².